The molecule has 0 fully saturated rings. The zero-order chi connectivity index (χ0) is 26.1. The van der Waals surface area contributed by atoms with Gasteiger partial charge in [0, 0.05) is 11.4 Å². The van der Waals surface area contributed by atoms with Crippen molar-refractivity contribution in [3.8, 4) is 34.1 Å². The minimum atomic E-state index is -4.64. The Morgan fingerprint density at radius 1 is 0.472 bits per heavy atom. The monoisotopic (exact) mass is 504 g/mol. The molecule has 0 saturated carbocycles. The van der Waals surface area contributed by atoms with E-state index in [-0.39, 0.29) is 34.4 Å². The Morgan fingerprint density at radius 3 is 1.11 bits per heavy atom. The molecule has 10 heteroatoms. The van der Waals surface area contributed by atoms with Crippen LogP contribution in [0.5, 0.6) is 23.0 Å². The number of anilines is 2. The van der Waals surface area contributed by atoms with Crippen molar-refractivity contribution in [1.82, 2.24) is 0 Å². The van der Waals surface area contributed by atoms with E-state index in [0.717, 1.165) is 24.3 Å². The van der Waals surface area contributed by atoms with Crippen molar-refractivity contribution in [2.45, 2.75) is 12.4 Å². The second-order valence-electron chi connectivity index (χ2n) is 7.76. The van der Waals surface area contributed by atoms with Gasteiger partial charge in [-0.05, 0) is 71.8 Å². The van der Waals surface area contributed by atoms with E-state index in [9.17, 15) is 26.3 Å². The summed E-state index contributed by atoms with van der Waals surface area (Å²) in [5.74, 6) is -0.410. The number of ether oxygens (including phenoxy) is 2. The van der Waals surface area contributed by atoms with Gasteiger partial charge in [0.25, 0.3) is 0 Å². The third kappa shape index (κ3) is 5.65. The van der Waals surface area contributed by atoms with E-state index in [0.29, 0.717) is 11.1 Å². The SMILES string of the molecule is Nc1ccc(Oc2ccc(-c3ccc(Oc4ccc(N)cc4C(F)(F)F)cc3)cc2)c(C(F)(F)F)c1. The fourth-order valence-electron chi connectivity index (χ4n) is 3.40. The minimum Gasteiger partial charge on any atom is -0.457 e. The summed E-state index contributed by atoms with van der Waals surface area (Å²) in [6.07, 6.45) is -9.27. The first-order valence-corrected chi connectivity index (χ1v) is 10.4. The molecule has 0 heterocycles. The first-order chi connectivity index (χ1) is 16.9. The largest absolute Gasteiger partial charge is 0.457 e. The van der Waals surface area contributed by atoms with E-state index in [1.807, 2.05) is 0 Å². The van der Waals surface area contributed by atoms with Crippen molar-refractivity contribution < 1.29 is 35.8 Å². The summed E-state index contributed by atoms with van der Waals surface area (Å²) < 4.78 is 90.5. The molecule has 186 valence electrons. The predicted molar refractivity (Wildman–Crippen MR) is 124 cm³/mol. The Hall–Kier alpha value is -4.34. The molecule has 0 spiro atoms. The van der Waals surface area contributed by atoms with Gasteiger partial charge in [-0.3, -0.25) is 0 Å². The normalized spacial score (nSPS) is 11.8. The van der Waals surface area contributed by atoms with Crippen molar-refractivity contribution in [3.05, 3.63) is 96.1 Å². The highest BCUT2D eigenvalue weighted by Gasteiger charge is 2.35. The summed E-state index contributed by atoms with van der Waals surface area (Å²) in [6, 6.07) is 19.1. The summed E-state index contributed by atoms with van der Waals surface area (Å²) in [5.41, 5.74) is 10.3. The second kappa shape index (κ2) is 9.37. The molecule has 0 aliphatic rings. The lowest BCUT2D eigenvalue weighted by atomic mass is 10.1. The van der Waals surface area contributed by atoms with Gasteiger partial charge in [0.05, 0.1) is 0 Å². The average molecular weight is 504 g/mol. The van der Waals surface area contributed by atoms with Crippen molar-refractivity contribution in [2.75, 3.05) is 11.5 Å². The maximum atomic E-state index is 13.3. The summed E-state index contributed by atoms with van der Waals surface area (Å²) in [5, 5.41) is 0. The van der Waals surface area contributed by atoms with Gasteiger partial charge in [-0.1, -0.05) is 24.3 Å². The summed E-state index contributed by atoms with van der Waals surface area (Å²) in [6.45, 7) is 0. The smallest absolute Gasteiger partial charge is 0.420 e. The van der Waals surface area contributed by atoms with Gasteiger partial charge < -0.3 is 20.9 Å². The van der Waals surface area contributed by atoms with Crippen LogP contribution in [0.2, 0.25) is 0 Å². The highest BCUT2D eigenvalue weighted by atomic mass is 19.4. The van der Waals surface area contributed by atoms with E-state index in [4.69, 9.17) is 20.9 Å². The first kappa shape index (κ1) is 24.8. The molecule has 0 aromatic heterocycles. The van der Waals surface area contributed by atoms with Gasteiger partial charge in [0.15, 0.2) is 0 Å². The maximum absolute atomic E-state index is 13.3. The van der Waals surface area contributed by atoms with Gasteiger partial charge in [0.2, 0.25) is 0 Å². The Balaban J connectivity index is 1.50. The number of alkyl halides is 6. The molecule has 4 aromatic carbocycles. The van der Waals surface area contributed by atoms with Crippen LogP contribution in [0, 0.1) is 0 Å². The fraction of sp³-hybridized carbons (Fsp3) is 0.0769. The van der Waals surface area contributed by atoms with Crippen molar-refractivity contribution >= 4 is 11.4 Å². The van der Waals surface area contributed by atoms with E-state index < -0.39 is 23.5 Å². The topological polar surface area (TPSA) is 70.5 Å². The molecule has 0 radical (unpaired) electrons. The Labute approximate surface area is 201 Å². The Morgan fingerprint density at radius 2 is 0.806 bits per heavy atom. The van der Waals surface area contributed by atoms with E-state index in [1.165, 1.54) is 36.4 Å². The molecule has 0 aliphatic heterocycles. The molecular weight excluding hydrogens is 486 g/mol. The van der Waals surface area contributed by atoms with E-state index in [2.05, 4.69) is 0 Å². The van der Waals surface area contributed by atoms with Crippen molar-refractivity contribution in [3.63, 3.8) is 0 Å². The van der Waals surface area contributed by atoms with Crippen LogP contribution < -0.4 is 20.9 Å². The fourth-order valence-corrected chi connectivity index (χ4v) is 3.40. The second-order valence-corrected chi connectivity index (χ2v) is 7.76. The van der Waals surface area contributed by atoms with Crippen LogP contribution in [0.1, 0.15) is 11.1 Å². The maximum Gasteiger partial charge on any atom is 0.420 e. The molecule has 4 nitrogen and oxygen atoms in total. The van der Waals surface area contributed by atoms with Crippen LogP contribution in [0.15, 0.2) is 84.9 Å². The third-order valence-corrected chi connectivity index (χ3v) is 5.12. The van der Waals surface area contributed by atoms with Crippen molar-refractivity contribution in [2.24, 2.45) is 0 Å². The van der Waals surface area contributed by atoms with Crippen LogP contribution in [0.4, 0.5) is 37.7 Å². The zero-order valence-corrected chi connectivity index (χ0v) is 18.3. The molecule has 0 atom stereocenters. The lowest BCUT2D eigenvalue weighted by Crippen LogP contribution is -2.08. The average Bonchev–Trinajstić information content (AvgIpc) is 2.81. The molecule has 0 amide bonds. The van der Waals surface area contributed by atoms with Gasteiger partial charge in [-0.25, -0.2) is 0 Å². The van der Waals surface area contributed by atoms with Crippen LogP contribution in [0.3, 0.4) is 0 Å². The molecule has 36 heavy (non-hydrogen) atoms. The minimum absolute atomic E-state index is 0.0384. The van der Waals surface area contributed by atoms with E-state index in [1.54, 1.807) is 24.3 Å². The molecular formula is C26H18F6N2O2. The molecule has 4 N–H and O–H groups in total. The molecule has 0 saturated heterocycles. The molecule has 0 unspecified atom stereocenters. The number of hydrogen-bond acceptors (Lipinski definition) is 4. The Bertz CT molecular complexity index is 1260. The van der Waals surface area contributed by atoms with Crippen molar-refractivity contribution in [1.29, 1.82) is 0 Å². The number of nitrogen functional groups attached to an aromatic ring is 2. The molecule has 0 bridgehead atoms. The van der Waals surface area contributed by atoms with Crippen LogP contribution in [-0.2, 0) is 12.4 Å². The van der Waals surface area contributed by atoms with Crippen LogP contribution in [0.25, 0.3) is 11.1 Å². The summed E-state index contributed by atoms with van der Waals surface area (Å²) in [4.78, 5) is 0. The van der Waals surface area contributed by atoms with Crippen LogP contribution >= 0.6 is 0 Å². The summed E-state index contributed by atoms with van der Waals surface area (Å²) in [7, 11) is 0. The van der Waals surface area contributed by atoms with E-state index >= 15 is 0 Å². The highest BCUT2D eigenvalue weighted by molar-refractivity contribution is 5.65. The quantitative estimate of drug-likeness (QED) is 0.213. The van der Waals surface area contributed by atoms with Gasteiger partial charge in [0.1, 0.15) is 34.1 Å². The van der Waals surface area contributed by atoms with Gasteiger partial charge >= 0.3 is 12.4 Å². The highest BCUT2D eigenvalue weighted by Crippen LogP contribution is 2.41. The summed E-state index contributed by atoms with van der Waals surface area (Å²) >= 11 is 0. The molecule has 4 rings (SSSR count). The first-order valence-electron chi connectivity index (χ1n) is 10.4. The van der Waals surface area contributed by atoms with Crippen LogP contribution in [-0.4, -0.2) is 0 Å². The lowest BCUT2D eigenvalue weighted by Gasteiger charge is -2.15. The molecule has 0 aliphatic carbocycles. The number of halogens is 6. The lowest BCUT2D eigenvalue weighted by molar-refractivity contribution is -0.139. The standard InChI is InChI=1S/C26H18F6N2O2/c27-25(28,29)21-13-17(33)5-11-23(21)35-19-7-1-15(2-8-19)16-3-9-20(10-4-16)36-24-12-6-18(34)14-22(24)26(30,31)32/h1-14H,33-34H2. The van der Waals surface area contributed by atoms with Gasteiger partial charge in [-0.15, -0.1) is 0 Å². The zero-order valence-electron chi connectivity index (χ0n) is 18.3. The number of rotatable bonds is 5. The number of benzene rings is 4. The number of hydrogen-bond donors (Lipinski definition) is 2. The van der Waals surface area contributed by atoms with Gasteiger partial charge in [-0.2, -0.15) is 26.3 Å². The Kier molecular flexibility index (Phi) is 6.45. The third-order valence-electron chi connectivity index (χ3n) is 5.12. The molecule has 4 aromatic rings. The number of nitrogens with two attached hydrogens (primary N) is 2. The predicted octanol–water partition coefficient (Wildman–Crippen LogP) is 8.14.